The lowest BCUT2D eigenvalue weighted by Gasteiger charge is -2.25. The van der Waals surface area contributed by atoms with Crippen LogP contribution in [0.15, 0.2) is 30.5 Å². The first-order valence-electron chi connectivity index (χ1n) is 7.04. The van der Waals surface area contributed by atoms with Gasteiger partial charge in [-0.25, -0.2) is 0 Å². The maximum absolute atomic E-state index is 12.6. The van der Waals surface area contributed by atoms with Gasteiger partial charge in [0.15, 0.2) is 5.78 Å². The van der Waals surface area contributed by atoms with E-state index in [0.29, 0.717) is 31.1 Å². The molecule has 1 saturated heterocycles. The second-order valence-electron chi connectivity index (χ2n) is 5.03. The molecule has 0 spiro atoms. The molecule has 3 rings (SSSR count). The van der Waals surface area contributed by atoms with E-state index in [-0.39, 0.29) is 5.78 Å². The van der Waals surface area contributed by atoms with Gasteiger partial charge in [0.25, 0.3) is 0 Å². The Morgan fingerprint density at radius 3 is 2.90 bits per heavy atom. The van der Waals surface area contributed by atoms with Crippen LogP contribution in [0.3, 0.4) is 0 Å². The predicted molar refractivity (Wildman–Crippen MR) is 79.9 cm³/mol. The van der Waals surface area contributed by atoms with Gasteiger partial charge in [0.1, 0.15) is 11.3 Å². The molecule has 0 unspecified atom stereocenters. The lowest BCUT2D eigenvalue weighted by molar-refractivity contribution is 0.0371. The molecule has 110 valence electrons. The predicted octanol–water partition coefficient (Wildman–Crippen LogP) is 1.76. The summed E-state index contributed by atoms with van der Waals surface area (Å²) >= 11 is 0. The minimum absolute atomic E-state index is 0.109. The van der Waals surface area contributed by atoms with E-state index >= 15 is 0 Å². The van der Waals surface area contributed by atoms with Crippen LogP contribution in [0.5, 0.6) is 5.75 Å². The van der Waals surface area contributed by atoms with Crippen LogP contribution < -0.4 is 4.74 Å². The van der Waals surface area contributed by atoms with Crippen molar-refractivity contribution in [2.45, 2.75) is 0 Å². The average molecular weight is 286 g/mol. The molecule has 5 nitrogen and oxygen atoms in total. The third-order valence-corrected chi connectivity index (χ3v) is 3.72. The van der Waals surface area contributed by atoms with Crippen LogP contribution in [0.2, 0.25) is 0 Å². The number of carbonyl (C=O) groups excluding carboxylic acids is 1. The van der Waals surface area contributed by atoms with E-state index in [1.165, 1.54) is 0 Å². The number of hydrogen-bond donors (Lipinski definition) is 0. The molecule has 21 heavy (non-hydrogen) atoms. The van der Waals surface area contributed by atoms with Crippen LogP contribution in [-0.4, -0.2) is 55.6 Å². The molecule has 0 aliphatic carbocycles. The zero-order chi connectivity index (χ0) is 14.7. The Hall–Kier alpha value is -1.98. The van der Waals surface area contributed by atoms with Gasteiger partial charge in [-0.05, 0) is 18.2 Å². The lowest BCUT2D eigenvalue weighted by atomic mass is 10.0. The number of hydrogen-bond acceptors (Lipinski definition) is 5. The number of rotatable bonds is 4. The van der Waals surface area contributed by atoms with Gasteiger partial charge in [0.05, 0.1) is 26.9 Å². The molecule has 0 radical (unpaired) electrons. The molecule has 1 aliphatic rings. The SMILES string of the molecule is COc1ccc(C(=O)CN2CCOCC2)c2cccnc12. The maximum atomic E-state index is 12.6. The molecule has 2 aromatic rings. The highest BCUT2D eigenvalue weighted by molar-refractivity contribution is 6.09. The Morgan fingerprint density at radius 2 is 2.14 bits per heavy atom. The zero-order valence-electron chi connectivity index (χ0n) is 12.0. The van der Waals surface area contributed by atoms with Gasteiger partial charge >= 0.3 is 0 Å². The van der Waals surface area contributed by atoms with Crippen LogP contribution in [0.4, 0.5) is 0 Å². The fourth-order valence-corrected chi connectivity index (χ4v) is 2.60. The number of morpholine rings is 1. The van der Waals surface area contributed by atoms with Crippen molar-refractivity contribution in [3.8, 4) is 5.75 Å². The van der Waals surface area contributed by atoms with Gasteiger partial charge in [-0.2, -0.15) is 0 Å². The van der Waals surface area contributed by atoms with Crippen LogP contribution in [0.1, 0.15) is 10.4 Å². The third-order valence-electron chi connectivity index (χ3n) is 3.72. The van der Waals surface area contributed by atoms with Crippen molar-refractivity contribution in [1.82, 2.24) is 9.88 Å². The van der Waals surface area contributed by atoms with Crippen LogP contribution in [0.25, 0.3) is 10.9 Å². The quantitative estimate of drug-likeness (QED) is 0.802. The number of methoxy groups -OCH3 is 1. The van der Waals surface area contributed by atoms with Crippen molar-refractivity contribution in [3.63, 3.8) is 0 Å². The number of ketones is 1. The summed E-state index contributed by atoms with van der Waals surface area (Å²) in [5.74, 6) is 0.797. The Morgan fingerprint density at radius 1 is 1.33 bits per heavy atom. The van der Waals surface area contributed by atoms with Gasteiger partial charge in [0.2, 0.25) is 0 Å². The fourth-order valence-electron chi connectivity index (χ4n) is 2.60. The topological polar surface area (TPSA) is 51.7 Å². The summed E-state index contributed by atoms with van der Waals surface area (Å²) in [5.41, 5.74) is 1.43. The van der Waals surface area contributed by atoms with Crippen molar-refractivity contribution in [3.05, 3.63) is 36.0 Å². The smallest absolute Gasteiger partial charge is 0.177 e. The summed E-state index contributed by atoms with van der Waals surface area (Å²) in [6.45, 7) is 3.41. The van der Waals surface area contributed by atoms with E-state index < -0.39 is 0 Å². The summed E-state index contributed by atoms with van der Waals surface area (Å²) in [6.07, 6.45) is 1.71. The molecule has 0 atom stereocenters. The number of carbonyl (C=O) groups is 1. The summed E-state index contributed by atoms with van der Waals surface area (Å²) < 4.78 is 10.6. The number of ether oxygens (including phenoxy) is 2. The monoisotopic (exact) mass is 286 g/mol. The van der Waals surface area contributed by atoms with E-state index in [1.807, 2.05) is 24.3 Å². The first kappa shape index (κ1) is 14.0. The number of nitrogens with zero attached hydrogens (tertiary/aromatic N) is 2. The zero-order valence-corrected chi connectivity index (χ0v) is 12.0. The first-order chi connectivity index (χ1) is 10.3. The molecule has 2 heterocycles. The number of fused-ring (bicyclic) bond motifs is 1. The van der Waals surface area contributed by atoms with Crippen molar-refractivity contribution in [2.75, 3.05) is 40.0 Å². The van der Waals surface area contributed by atoms with E-state index in [0.717, 1.165) is 24.0 Å². The Balaban J connectivity index is 1.91. The number of pyridine rings is 1. The molecule has 0 amide bonds. The third kappa shape index (κ3) is 2.89. The summed E-state index contributed by atoms with van der Waals surface area (Å²) in [7, 11) is 1.61. The van der Waals surface area contributed by atoms with Crippen molar-refractivity contribution in [2.24, 2.45) is 0 Å². The minimum Gasteiger partial charge on any atom is -0.494 e. The number of benzene rings is 1. The second kappa shape index (κ2) is 6.20. The van der Waals surface area contributed by atoms with Gasteiger partial charge in [-0.15, -0.1) is 0 Å². The molecule has 1 aromatic carbocycles. The highest BCUT2D eigenvalue weighted by atomic mass is 16.5. The standard InChI is InChI=1S/C16H18N2O3/c1-20-15-5-4-12(13-3-2-6-17-16(13)15)14(19)11-18-7-9-21-10-8-18/h2-6H,7-11H2,1H3. The number of aromatic nitrogens is 1. The van der Waals surface area contributed by atoms with Gasteiger partial charge in [0, 0.05) is 30.2 Å². The lowest BCUT2D eigenvalue weighted by Crippen LogP contribution is -2.39. The molecule has 1 aliphatic heterocycles. The van der Waals surface area contributed by atoms with Gasteiger partial charge in [-0.1, -0.05) is 6.07 Å². The molecule has 0 saturated carbocycles. The summed E-state index contributed by atoms with van der Waals surface area (Å²) in [5, 5.41) is 0.843. The van der Waals surface area contributed by atoms with Crippen molar-refractivity contribution in [1.29, 1.82) is 0 Å². The van der Waals surface area contributed by atoms with E-state index in [4.69, 9.17) is 9.47 Å². The molecule has 5 heteroatoms. The Bertz CT molecular complexity index is 651. The van der Waals surface area contributed by atoms with Gasteiger partial charge < -0.3 is 9.47 Å². The highest BCUT2D eigenvalue weighted by Gasteiger charge is 2.18. The van der Waals surface area contributed by atoms with E-state index in [1.54, 1.807) is 13.3 Å². The van der Waals surface area contributed by atoms with E-state index in [2.05, 4.69) is 9.88 Å². The van der Waals surface area contributed by atoms with Crippen LogP contribution in [-0.2, 0) is 4.74 Å². The molecular formula is C16H18N2O3. The van der Waals surface area contributed by atoms with E-state index in [9.17, 15) is 4.79 Å². The molecule has 0 N–H and O–H groups in total. The molecule has 0 bridgehead atoms. The summed E-state index contributed by atoms with van der Waals surface area (Å²) in [4.78, 5) is 19.0. The van der Waals surface area contributed by atoms with Gasteiger partial charge in [-0.3, -0.25) is 14.7 Å². The number of Topliss-reactive ketones (excluding diaryl/α,β-unsaturated/α-hetero) is 1. The highest BCUT2D eigenvalue weighted by Crippen LogP contribution is 2.26. The van der Waals surface area contributed by atoms with Crippen molar-refractivity contribution >= 4 is 16.7 Å². The normalized spacial score (nSPS) is 16.0. The Kier molecular flexibility index (Phi) is 4.13. The first-order valence-corrected chi connectivity index (χ1v) is 7.04. The van der Waals surface area contributed by atoms with Crippen molar-refractivity contribution < 1.29 is 14.3 Å². The summed E-state index contributed by atoms with van der Waals surface area (Å²) in [6, 6.07) is 7.39. The fraction of sp³-hybridized carbons (Fsp3) is 0.375. The second-order valence-corrected chi connectivity index (χ2v) is 5.03. The molecule has 1 aromatic heterocycles. The maximum Gasteiger partial charge on any atom is 0.177 e. The van der Waals surface area contributed by atoms with Crippen LogP contribution >= 0.6 is 0 Å². The largest absolute Gasteiger partial charge is 0.494 e. The minimum atomic E-state index is 0.109. The van der Waals surface area contributed by atoms with Crippen LogP contribution in [0, 0.1) is 0 Å². The Labute approximate surface area is 123 Å². The molecule has 1 fully saturated rings. The average Bonchev–Trinajstić information content (AvgIpc) is 2.54. The molecular weight excluding hydrogens is 268 g/mol.